The van der Waals surface area contributed by atoms with E-state index in [9.17, 15) is 14.0 Å². The maximum atomic E-state index is 13.5. The van der Waals surface area contributed by atoms with Crippen LogP contribution in [0.25, 0.3) is 0 Å². The highest BCUT2D eigenvalue weighted by atomic mass is 35.5. The van der Waals surface area contributed by atoms with Gasteiger partial charge in [-0.1, -0.05) is 42.7 Å². The summed E-state index contributed by atoms with van der Waals surface area (Å²) < 4.78 is 14.4. The Hall–Kier alpha value is -1.84. The minimum atomic E-state index is -0.845. The molecular weight excluding hydrogens is 449 g/mol. The lowest BCUT2D eigenvalue weighted by molar-refractivity contribution is -0.140. The van der Waals surface area contributed by atoms with Gasteiger partial charge in [-0.2, -0.15) is 0 Å². The van der Waals surface area contributed by atoms with Crippen LogP contribution < -0.4 is 9.80 Å². The van der Waals surface area contributed by atoms with Gasteiger partial charge in [0.25, 0.3) is 0 Å². The quantitative estimate of drug-likeness (QED) is 0.520. The molecule has 1 unspecified atom stereocenters. The number of thiazole rings is 1. The summed E-state index contributed by atoms with van der Waals surface area (Å²) in [5, 5.41) is 9.72. The highest BCUT2D eigenvalue weighted by Gasteiger charge is 2.32. The minimum Gasteiger partial charge on any atom is -0.481 e. The summed E-state index contributed by atoms with van der Waals surface area (Å²) in [5.41, 5.74) is 0.489. The van der Waals surface area contributed by atoms with Gasteiger partial charge in [-0.15, -0.1) is 11.8 Å². The Morgan fingerprint density at radius 2 is 2.10 bits per heavy atom. The Morgan fingerprint density at radius 1 is 1.40 bits per heavy atom. The number of benzene rings is 1. The van der Waals surface area contributed by atoms with Crippen molar-refractivity contribution in [1.82, 2.24) is 4.98 Å². The zero-order valence-electron chi connectivity index (χ0n) is 16.7. The molecule has 1 saturated carbocycles. The maximum Gasteiger partial charge on any atom is 0.330 e. The van der Waals surface area contributed by atoms with Gasteiger partial charge in [-0.25, -0.2) is 14.2 Å². The first-order valence-corrected chi connectivity index (χ1v) is 11.8. The second kappa shape index (κ2) is 9.98. The van der Waals surface area contributed by atoms with E-state index < -0.39 is 17.7 Å². The Balaban J connectivity index is 1.80. The van der Waals surface area contributed by atoms with E-state index in [1.807, 2.05) is 0 Å². The molecule has 1 aromatic heterocycles. The molecule has 0 bridgehead atoms. The average molecular weight is 472 g/mol. The van der Waals surface area contributed by atoms with Crippen molar-refractivity contribution in [2.24, 2.45) is 5.92 Å². The van der Waals surface area contributed by atoms with E-state index in [0.29, 0.717) is 16.6 Å². The molecule has 1 heterocycles. The summed E-state index contributed by atoms with van der Waals surface area (Å²) in [4.78, 5) is 31.9. The van der Waals surface area contributed by atoms with Gasteiger partial charge >= 0.3 is 12.0 Å². The first-order valence-electron chi connectivity index (χ1n) is 9.61. The van der Waals surface area contributed by atoms with E-state index in [1.165, 1.54) is 46.2 Å². The van der Waals surface area contributed by atoms with Gasteiger partial charge < -0.3 is 5.11 Å². The Bertz CT molecular complexity index is 920. The van der Waals surface area contributed by atoms with E-state index >= 15 is 0 Å². The molecular formula is C20H23ClFN3O3S2. The summed E-state index contributed by atoms with van der Waals surface area (Å²) in [7, 11) is 1.65. The first kappa shape index (κ1) is 22.8. The molecule has 2 amide bonds. The molecule has 10 heteroatoms. The first-order chi connectivity index (χ1) is 14.3. The monoisotopic (exact) mass is 471 g/mol. The fourth-order valence-electron chi connectivity index (χ4n) is 3.29. The molecule has 0 radical (unpaired) electrons. The number of amides is 2. The van der Waals surface area contributed by atoms with Gasteiger partial charge in [0.1, 0.15) is 5.82 Å². The molecule has 0 saturated heterocycles. The van der Waals surface area contributed by atoms with Crippen molar-refractivity contribution >= 4 is 57.5 Å². The number of carbonyl (C=O) groups excluding carboxylic acids is 1. The number of carbonyl (C=O) groups is 2. The summed E-state index contributed by atoms with van der Waals surface area (Å²) in [5.74, 6) is -1.34. The number of hydrogen-bond acceptors (Lipinski definition) is 5. The van der Waals surface area contributed by atoms with Crippen LogP contribution in [0.1, 0.15) is 32.6 Å². The predicted molar refractivity (Wildman–Crippen MR) is 120 cm³/mol. The SMILES string of the molecule is CC(CSc1cnc(N(C)C(=O)N(c2ccc(F)cc2Cl)C2CCCC2)s1)C(=O)O. The molecule has 2 aromatic rings. The van der Waals surface area contributed by atoms with Crippen LogP contribution in [0.15, 0.2) is 28.6 Å². The standard InChI is InChI=1S/C20H23ClFN3O3S2/c1-12(18(26)27)11-29-17-10-23-19(30-17)24(2)20(28)25(14-5-3-4-6-14)16-8-7-13(22)9-15(16)21/h7-10,12,14H,3-6,11H2,1-2H3,(H,26,27). The number of hydrogen-bond donors (Lipinski definition) is 1. The number of aliphatic carboxylic acids is 1. The second-order valence-corrected chi connectivity index (χ2v) is 9.99. The normalized spacial score (nSPS) is 15.2. The number of rotatable bonds is 7. The van der Waals surface area contributed by atoms with E-state index in [1.54, 1.807) is 25.1 Å². The van der Waals surface area contributed by atoms with Crippen LogP contribution in [-0.4, -0.2) is 40.9 Å². The molecule has 6 nitrogen and oxygen atoms in total. The number of aromatic nitrogens is 1. The molecule has 162 valence electrons. The van der Waals surface area contributed by atoms with Crippen LogP contribution in [0.2, 0.25) is 5.02 Å². The van der Waals surface area contributed by atoms with Gasteiger partial charge in [0.15, 0.2) is 5.13 Å². The molecule has 1 aliphatic rings. The van der Waals surface area contributed by atoms with Crippen LogP contribution >= 0.6 is 34.7 Å². The van der Waals surface area contributed by atoms with Crippen molar-refractivity contribution < 1.29 is 19.1 Å². The van der Waals surface area contributed by atoms with Gasteiger partial charge in [0, 0.05) is 18.8 Å². The van der Waals surface area contributed by atoms with Crippen LogP contribution in [0.4, 0.5) is 20.0 Å². The molecule has 1 aliphatic carbocycles. The lowest BCUT2D eigenvalue weighted by Gasteiger charge is -2.32. The van der Waals surface area contributed by atoms with Crippen molar-refractivity contribution in [2.75, 3.05) is 22.6 Å². The summed E-state index contributed by atoms with van der Waals surface area (Å²) in [6.07, 6.45) is 5.42. The number of carboxylic acids is 1. The molecule has 30 heavy (non-hydrogen) atoms. The minimum absolute atomic E-state index is 0.00636. The summed E-state index contributed by atoms with van der Waals surface area (Å²) >= 11 is 9.01. The molecule has 1 aromatic carbocycles. The number of halogens is 2. The number of thioether (sulfide) groups is 1. The van der Waals surface area contributed by atoms with Crippen LogP contribution in [0.3, 0.4) is 0 Å². The van der Waals surface area contributed by atoms with Crippen molar-refractivity contribution in [1.29, 1.82) is 0 Å². The average Bonchev–Trinajstić information content (AvgIpc) is 3.39. The van der Waals surface area contributed by atoms with Gasteiger partial charge in [0.05, 0.1) is 27.0 Å². The van der Waals surface area contributed by atoms with E-state index in [4.69, 9.17) is 16.7 Å². The Labute approximate surface area is 188 Å². The number of carboxylic acid groups (broad SMARTS) is 1. The summed E-state index contributed by atoms with van der Waals surface area (Å²) in [6, 6.07) is 3.78. The molecule has 0 spiro atoms. The van der Waals surface area contributed by atoms with Crippen LogP contribution in [0.5, 0.6) is 0 Å². The smallest absolute Gasteiger partial charge is 0.330 e. The topological polar surface area (TPSA) is 73.7 Å². The number of anilines is 2. The molecule has 1 fully saturated rings. The molecule has 3 rings (SSSR count). The van der Waals surface area contributed by atoms with Crippen LogP contribution in [-0.2, 0) is 4.79 Å². The lowest BCUT2D eigenvalue weighted by Crippen LogP contribution is -2.46. The van der Waals surface area contributed by atoms with Gasteiger partial charge in [-0.05, 0) is 31.0 Å². The fourth-order valence-corrected chi connectivity index (χ4v) is 5.50. The van der Waals surface area contributed by atoms with Gasteiger partial charge in [-0.3, -0.25) is 14.6 Å². The molecule has 1 atom stereocenters. The zero-order chi connectivity index (χ0) is 21.8. The van der Waals surface area contributed by atoms with E-state index in [2.05, 4.69) is 4.98 Å². The van der Waals surface area contributed by atoms with E-state index in [-0.39, 0.29) is 17.1 Å². The third-order valence-corrected chi connectivity index (χ3v) is 7.84. The highest BCUT2D eigenvalue weighted by molar-refractivity contribution is 8.01. The van der Waals surface area contributed by atoms with Gasteiger partial charge in [0.2, 0.25) is 0 Å². The Morgan fingerprint density at radius 3 is 2.73 bits per heavy atom. The molecule has 0 aliphatic heterocycles. The van der Waals surface area contributed by atoms with Crippen molar-refractivity contribution in [2.45, 2.75) is 42.9 Å². The van der Waals surface area contributed by atoms with Crippen molar-refractivity contribution in [3.63, 3.8) is 0 Å². The fraction of sp³-hybridized carbons (Fsp3) is 0.450. The van der Waals surface area contributed by atoms with Crippen molar-refractivity contribution in [3.05, 3.63) is 35.2 Å². The zero-order valence-corrected chi connectivity index (χ0v) is 19.1. The third-order valence-electron chi connectivity index (χ3n) is 5.01. The number of nitrogens with zero attached hydrogens (tertiary/aromatic N) is 3. The summed E-state index contributed by atoms with van der Waals surface area (Å²) in [6.45, 7) is 1.65. The largest absolute Gasteiger partial charge is 0.481 e. The number of urea groups is 1. The lowest BCUT2D eigenvalue weighted by atomic mass is 10.2. The third kappa shape index (κ3) is 5.25. The second-order valence-electron chi connectivity index (χ2n) is 7.26. The predicted octanol–water partition coefficient (Wildman–Crippen LogP) is 5.75. The highest BCUT2D eigenvalue weighted by Crippen LogP contribution is 2.36. The molecule has 1 N–H and O–H groups in total. The Kier molecular flexibility index (Phi) is 7.60. The van der Waals surface area contributed by atoms with Crippen LogP contribution in [0, 0.1) is 11.7 Å². The van der Waals surface area contributed by atoms with Crippen molar-refractivity contribution in [3.8, 4) is 0 Å². The maximum absolute atomic E-state index is 13.5. The van der Waals surface area contributed by atoms with E-state index in [0.717, 1.165) is 29.9 Å².